The lowest BCUT2D eigenvalue weighted by Gasteiger charge is -2.23. The highest BCUT2D eigenvalue weighted by molar-refractivity contribution is 8.76. The predicted molar refractivity (Wildman–Crippen MR) is 137 cm³/mol. The van der Waals surface area contributed by atoms with Crippen LogP contribution in [0.25, 0.3) is 0 Å². The average molecular weight is 505 g/mol. The molecule has 2 amide bonds. The molecular formula is C24H44N2O5S2. The maximum absolute atomic E-state index is 12.7. The van der Waals surface area contributed by atoms with Crippen LogP contribution in [0.2, 0.25) is 0 Å². The van der Waals surface area contributed by atoms with Crippen LogP contribution >= 0.6 is 21.6 Å². The Kier molecular flexibility index (Phi) is 16.2. The van der Waals surface area contributed by atoms with Gasteiger partial charge in [0.2, 0.25) is 11.8 Å². The summed E-state index contributed by atoms with van der Waals surface area (Å²) in [6, 6.07) is 0.104. The Morgan fingerprint density at radius 2 is 1.70 bits per heavy atom. The molecule has 0 saturated carbocycles. The molecule has 1 fully saturated rings. The van der Waals surface area contributed by atoms with E-state index in [9.17, 15) is 14.4 Å². The summed E-state index contributed by atoms with van der Waals surface area (Å²) in [5, 5.41) is 2.93. The molecule has 0 radical (unpaired) electrons. The Morgan fingerprint density at radius 1 is 1.00 bits per heavy atom. The second-order valence-electron chi connectivity index (χ2n) is 9.12. The summed E-state index contributed by atoms with van der Waals surface area (Å²) in [6.45, 7) is 9.71. The number of amides is 2. The summed E-state index contributed by atoms with van der Waals surface area (Å²) in [7, 11) is 5.14. The minimum atomic E-state index is 0.0548. The largest absolute Gasteiger partial charge is 0.383 e. The molecule has 0 bridgehead atoms. The van der Waals surface area contributed by atoms with Crippen molar-refractivity contribution in [2.24, 2.45) is 5.92 Å². The van der Waals surface area contributed by atoms with E-state index in [-0.39, 0.29) is 41.8 Å². The topological polar surface area (TPSA) is 84.9 Å². The van der Waals surface area contributed by atoms with Crippen molar-refractivity contribution in [3.05, 3.63) is 0 Å². The first-order valence-corrected chi connectivity index (χ1v) is 14.7. The van der Waals surface area contributed by atoms with Crippen molar-refractivity contribution in [1.82, 2.24) is 10.2 Å². The molecule has 1 N–H and O–H groups in total. The second-order valence-corrected chi connectivity index (χ2v) is 11.8. The van der Waals surface area contributed by atoms with Gasteiger partial charge in [-0.2, -0.15) is 0 Å². The summed E-state index contributed by atoms with van der Waals surface area (Å²) in [5.74, 6) is 2.33. The van der Waals surface area contributed by atoms with Gasteiger partial charge in [-0.05, 0) is 39.5 Å². The van der Waals surface area contributed by atoms with Crippen molar-refractivity contribution in [2.45, 2.75) is 90.9 Å². The number of ketones is 1. The van der Waals surface area contributed by atoms with Gasteiger partial charge in [0.05, 0.1) is 24.9 Å². The Bertz CT molecular complexity index is 589. The molecule has 1 aliphatic rings. The third-order valence-electron chi connectivity index (χ3n) is 5.45. The highest BCUT2D eigenvalue weighted by atomic mass is 33.1. The van der Waals surface area contributed by atoms with Crippen LogP contribution < -0.4 is 5.32 Å². The Balaban J connectivity index is 2.06. The van der Waals surface area contributed by atoms with E-state index in [2.05, 4.69) is 5.32 Å². The first kappa shape index (κ1) is 30.3. The number of nitrogens with zero attached hydrogens (tertiary/aromatic N) is 1. The summed E-state index contributed by atoms with van der Waals surface area (Å²) < 4.78 is 11.2. The summed E-state index contributed by atoms with van der Waals surface area (Å²) in [6.07, 6.45) is 5.05. The van der Waals surface area contributed by atoms with Crippen LogP contribution in [0.5, 0.6) is 0 Å². The highest BCUT2D eigenvalue weighted by Gasteiger charge is 2.35. The number of unbranched alkanes of at least 4 members (excludes halogenated alkanes) is 1. The smallest absolute Gasteiger partial charge is 0.223 e. The third-order valence-corrected chi connectivity index (χ3v) is 7.94. The Morgan fingerprint density at radius 3 is 2.36 bits per heavy atom. The number of Topliss-reactive ketones (excluding diaryl/α,β-unsaturated/α-hetero) is 1. The summed E-state index contributed by atoms with van der Waals surface area (Å²) in [5.41, 5.74) is 0. The first-order chi connectivity index (χ1) is 15.7. The molecule has 0 unspecified atom stereocenters. The fraction of sp³-hybridized carbons (Fsp3) is 0.875. The zero-order valence-electron chi connectivity index (χ0n) is 21.1. The fourth-order valence-corrected chi connectivity index (χ4v) is 5.74. The maximum atomic E-state index is 12.7. The van der Waals surface area contributed by atoms with E-state index in [4.69, 9.17) is 9.47 Å². The second kappa shape index (κ2) is 17.6. The zero-order valence-corrected chi connectivity index (χ0v) is 22.7. The molecule has 1 saturated heterocycles. The van der Waals surface area contributed by atoms with Crippen LogP contribution in [0.15, 0.2) is 0 Å². The van der Waals surface area contributed by atoms with E-state index in [1.807, 2.05) is 32.6 Å². The van der Waals surface area contributed by atoms with E-state index in [1.54, 1.807) is 28.7 Å². The van der Waals surface area contributed by atoms with Gasteiger partial charge >= 0.3 is 0 Å². The quantitative estimate of drug-likeness (QED) is 0.222. The molecule has 2 atom stereocenters. The van der Waals surface area contributed by atoms with Crippen LogP contribution in [0.1, 0.15) is 72.6 Å². The molecule has 1 heterocycles. The number of hydrogen-bond donors (Lipinski definition) is 1. The van der Waals surface area contributed by atoms with Gasteiger partial charge < -0.3 is 19.7 Å². The van der Waals surface area contributed by atoms with Gasteiger partial charge in [0.1, 0.15) is 5.78 Å². The van der Waals surface area contributed by atoms with Crippen molar-refractivity contribution < 1.29 is 23.9 Å². The van der Waals surface area contributed by atoms with E-state index < -0.39 is 0 Å². The van der Waals surface area contributed by atoms with E-state index in [0.29, 0.717) is 39.0 Å². The van der Waals surface area contributed by atoms with Crippen molar-refractivity contribution in [3.63, 3.8) is 0 Å². The summed E-state index contributed by atoms with van der Waals surface area (Å²) >= 11 is 0. The van der Waals surface area contributed by atoms with Crippen LogP contribution in [0.4, 0.5) is 0 Å². The van der Waals surface area contributed by atoms with Crippen LogP contribution in [-0.4, -0.2) is 79.1 Å². The lowest BCUT2D eigenvalue weighted by Crippen LogP contribution is -2.38. The number of nitrogens with one attached hydrogen (secondary N) is 1. The van der Waals surface area contributed by atoms with E-state index >= 15 is 0 Å². The number of carbonyl (C=O) groups excluding carboxylic acids is 3. The van der Waals surface area contributed by atoms with Gasteiger partial charge in [0.25, 0.3) is 0 Å². The molecule has 192 valence electrons. The average Bonchev–Trinajstić information content (AvgIpc) is 3.14. The van der Waals surface area contributed by atoms with Crippen LogP contribution in [0, 0.1) is 5.92 Å². The van der Waals surface area contributed by atoms with Crippen LogP contribution in [-0.2, 0) is 23.9 Å². The minimum absolute atomic E-state index is 0.0548. The van der Waals surface area contributed by atoms with E-state index in [1.165, 1.54) is 0 Å². The Labute approximate surface area is 208 Å². The normalized spacial score (nSPS) is 18.3. The molecule has 0 aromatic carbocycles. The van der Waals surface area contributed by atoms with Gasteiger partial charge in [0, 0.05) is 56.9 Å². The van der Waals surface area contributed by atoms with Gasteiger partial charge in [-0.3, -0.25) is 14.4 Å². The lowest BCUT2D eigenvalue weighted by atomic mass is 10.0. The number of methoxy groups -OCH3 is 1. The predicted octanol–water partition coefficient (Wildman–Crippen LogP) is 4.09. The third kappa shape index (κ3) is 13.6. The maximum Gasteiger partial charge on any atom is 0.223 e. The molecule has 7 nitrogen and oxygen atoms in total. The summed E-state index contributed by atoms with van der Waals surface area (Å²) in [4.78, 5) is 38.0. The SMILES string of the molecule is COC[C@@H]1C[C@@H](OC(C)C)CN1C(=O)CCCSSCCNC(=O)CCCCC(=O)C(C)C. The molecule has 0 aromatic rings. The van der Waals surface area contributed by atoms with E-state index in [0.717, 1.165) is 37.2 Å². The molecule has 0 aromatic heterocycles. The number of likely N-dealkylation sites (tertiary alicyclic amines) is 1. The monoisotopic (exact) mass is 504 g/mol. The van der Waals surface area contributed by atoms with Gasteiger partial charge in [-0.1, -0.05) is 35.4 Å². The molecular weight excluding hydrogens is 460 g/mol. The number of ether oxygens (including phenoxy) is 2. The fourth-order valence-electron chi connectivity index (χ4n) is 3.75. The minimum Gasteiger partial charge on any atom is -0.383 e. The first-order valence-electron chi connectivity index (χ1n) is 12.2. The van der Waals surface area contributed by atoms with Gasteiger partial charge in [-0.25, -0.2) is 0 Å². The van der Waals surface area contributed by atoms with Gasteiger partial charge in [-0.15, -0.1) is 0 Å². The number of rotatable bonds is 18. The molecule has 0 aliphatic carbocycles. The molecule has 1 aliphatic heterocycles. The Hall–Kier alpha value is -0.770. The molecule has 9 heteroatoms. The standard InChI is InChI=1S/C24H44N2O5S2/c1-18(2)22(27)9-6-7-10-23(28)25-12-14-33-32-13-8-11-24(29)26-16-21(31-19(3)4)15-20(26)17-30-5/h18-21H,6-17H2,1-5H3,(H,25,28)/t20-,21+/m0/s1. The van der Waals surface area contributed by atoms with Crippen molar-refractivity contribution in [2.75, 3.05) is 38.3 Å². The lowest BCUT2D eigenvalue weighted by molar-refractivity contribution is -0.133. The molecule has 33 heavy (non-hydrogen) atoms. The molecule has 0 spiro atoms. The number of hydrogen-bond acceptors (Lipinski definition) is 7. The highest BCUT2D eigenvalue weighted by Crippen LogP contribution is 2.25. The molecule has 1 rings (SSSR count). The van der Waals surface area contributed by atoms with Gasteiger partial charge in [0.15, 0.2) is 0 Å². The van der Waals surface area contributed by atoms with Crippen molar-refractivity contribution in [1.29, 1.82) is 0 Å². The van der Waals surface area contributed by atoms with Crippen molar-refractivity contribution in [3.8, 4) is 0 Å². The zero-order chi connectivity index (χ0) is 24.6. The van der Waals surface area contributed by atoms with Crippen LogP contribution in [0.3, 0.4) is 0 Å². The van der Waals surface area contributed by atoms with Crippen molar-refractivity contribution >= 4 is 39.2 Å². The number of carbonyl (C=O) groups is 3.